The Morgan fingerprint density at radius 3 is 2.44 bits per heavy atom. The first-order valence-corrected chi connectivity index (χ1v) is 13.8. The number of ether oxygens (including phenoxy) is 1. The van der Waals surface area contributed by atoms with E-state index >= 15 is 0 Å². The van der Waals surface area contributed by atoms with Gasteiger partial charge in [0.2, 0.25) is 11.8 Å². The van der Waals surface area contributed by atoms with E-state index in [9.17, 15) is 19.2 Å². The number of amides is 5. The molecule has 0 aliphatic carbocycles. The lowest BCUT2D eigenvalue weighted by molar-refractivity contribution is -0.189. The quantitative estimate of drug-likeness (QED) is 0.340. The summed E-state index contributed by atoms with van der Waals surface area (Å²) in [7, 11) is 1.70. The highest BCUT2D eigenvalue weighted by Crippen LogP contribution is 2.32. The topological polar surface area (TPSA) is 115 Å². The number of nitrogens with zero attached hydrogens (tertiary/aromatic N) is 4. The van der Waals surface area contributed by atoms with E-state index in [1.165, 1.54) is 6.08 Å². The van der Waals surface area contributed by atoms with Gasteiger partial charge in [-0.25, -0.2) is 19.6 Å². The molecule has 4 rings (SSSR count). The van der Waals surface area contributed by atoms with Crippen LogP contribution in [0.2, 0.25) is 0 Å². The molecule has 2 aromatic carbocycles. The minimum Gasteiger partial charge on any atom is -0.445 e. The third-order valence-electron chi connectivity index (χ3n) is 7.39. The predicted molar refractivity (Wildman–Crippen MR) is 153 cm³/mol. The van der Waals surface area contributed by atoms with Crippen LogP contribution in [-0.2, 0) is 20.9 Å². The number of fused-ring (bicyclic) bond motifs is 1. The minimum atomic E-state index is -0.795. The van der Waals surface area contributed by atoms with Crippen LogP contribution in [0.4, 0.5) is 9.59 Å². The number of hydrazine groups is 1. The monoisotopic (exact) mass is 562 g/mol. The molecule has 218 valence electrons. The number of hydrogen-bond acceptors (Lipinski definition) is 6. The molecule has 11 nitrogen and oxygen atoms in total. The van der Waals surface area contributed by atoms with Crippen LogP contribution in [0.5, 0.6) is 0 Å². The van der Waals surface area contributed by atoms with E-state index in [0.29, 0.717) is 19.4 Å². The highest BCUT2D eigenvalue weighted by atomic mass is 16.5. The molecule has 11 heteroatoms. The number of rotatable bonds is 10. The van der Waals surface area contributed by atoms with E-state index in [1.807, 2.05) is 67.6 Å². The fourth-order valence-corrected chi connectivity index (χ4v) is 5.33. The summed E-state index contributed by atoms with van der Waals surface area (Å²) < 4.78 is 4.95. The van der Waals surface area contributed by atoms with E-state index in [-0.39, 0.29) is 50.1 Å². The average molecular weight is 563 g/mol. The summed E-state index contributed by atoms with van der Waals surface area (Å²) in [6.07, 6.45) is 0.943. The van der Waals surface area contributed by atoms with E-state index in [2.05, 4.69) is 17.2 Å². The Labute approximate surface area is 240 Å². The summed E-state index contributed by atoms with van der Waals surface area (Å²) in [4.78, 5) is 56.1. The van der Waals surface area contributed by atoms with Crippen molar-refractivity contribution in [3.8, 4) is 0 Å². The first-order valence-electron chi connectivity index (χ1n) is 13.8. The fourth-order valence-electron chi connectivity index (χ4n) is 5.33. The highest BCUT2D eigenvalue weighted by Gasteiger charge is 2.51. The standard InChI is InChI=1S/C30H38N6O5/c1-4-18-41-30(40)31-17-11-16-25-28(38)34(22(2)24-14-9-6-10-15-24)20-26-35(25)27(37)21-33(3)36(26)29(39)32-19-23-12-7-5-8-13-23/h4-10,12-15,22,25-26H,1,11,16-21H2,2-3H3,(H,31,40)(H,32,39)/t22?,25-,26-/m0/s1. The van der Waals surface area contributed by atoms with Crippen LogP contribution in [0.3, 0.4) is 0 Å². The molecule has 2 aliphatic rings. The lowest BCUT2D eigenvalue weighted by Crippen LogP contribution is -2.76. The van der Waals surface area contributed by atoms with Crippen molar-refractivity contribution in [1.29, 1.82) is 0 Å². The second kappa shape index (κ2) is 13.8. The third-order valence-corrected chi connectivity index (χ3v) is 7.39. The van der Waals surface area contributed by atoms with Gasteiger partial charge in [0.05, 0.1) is 19.1 Å². The number of piperazine rings is 1. The Hall–Kier alpha value is -4.38. The Morgan fingerprint density at radius 1 is 1.07 bits per heavy atom. The number of alkyl carbamates (subject to hydrolysis) is 1. The number of carbonyl (C=O) groups excluding carboxylic acids is 4. The van der Waals surface area contributed by atoms with Crippen LogP contribution in [0.1, 0.15) is 36.9 Å². The molecular weight excluding hydrogens is 524 g/mol. The molecule has 2 saturated heterocycles. The van der Waals surface area contributed by atoms with Crippen molar-refractivity contribution in [3.63, 3.8) is 0 Å². The lowest BCUT2D eigenvalue weighted by atomic mass is 9.98. The van der Waals surface area contributed by atoms with Gasteiger partial charge >= 0.3 is 12.1 Å². The molecule has 0 saturated carbocycles. The molecule has 2 N–H and O–H groups in total. The summed E-state index contributed by atoms with van der Waals surface area (Å²) in [5.41, 5.74) is 1.90. The van der Waals surface area contributed by atoms with Gasteiger partial charge in [-0.1, -0.05) is 73.3 Å². The molecular formula is C30H38N6O5. The zero-order valence-corrected chi connectivity index (χ0v) is 23.6. The SMILES string of the molecule is C=CCOC(=O)NCCC[C@H]1C(=O)N(C(C)c2ccccc2)C[C@H]2N1C(=O)CN(C)N2C(=O)NCc1ccccc1. The van der Waals surface area contributed by atoms with Crippen molar-refractivity contribution >= 4 is 23.9 Å². The number of benzene rings is 2. The Bertz CT molecular complexity index is 1230. The summed E-state index contributed by atoms with van der Waals surface area (Å²) in [6.45, 7) is 6.27. The first-order chi connectivity index (χ1) is 19.8. The molecule has 2 heterocycles. The number of nitrogens with one attached hydrogen (secondary N) is 2. The zero-order chi connectivity index (χ0) is 29.4. The third kappa shape index (κ3) is 7.04. The first kappa shape index (κ1) is 29.6. The molecule has 0 bridgehead atoms. The Balaban J connectivity index is 1.56. The van der Waals surface area contributed by atoms with Gasteiger partial charge in [0, 0.05) is 20.1 Å². The maximum Gasteiger partial charge on any atom is 0.407 e. The van der Waals surface area contributed by atoms with Crippen molar-refractivity contribution in [2.75, 3.05) is 33.3 Å². The van der Waals surface area contributed by atoms with Crippen LogP contribution >= 0.6 is 0 Å². The van der Waals surface area contributed by atoms with Gasteiger partial charge in [-0.15, -0.1) is 0 Å². The zero-order valence-electron chi connectivity index (χ0n) is 23.6. The van der Waals surface area contributed by atoms with Crippen LogP contribution in [0, 0.1) is 0 Å². The lowest BCUT2D eigenvalue weighted by Gasteiger charge is -2.55. The van der Waals surface area contributed by atoms with Crippen molar-refractivity contribution in [2.45, 2.75) is 44.6 Å². The van der Waals surface area contributed by atoms with Gasteiger partial charge in [0.15, 0.2) is 0 Å². The van der Waals surface area contributed by atoms with Crippen molar-refractivity contribution < 1.29 is 23.9 Å². The van der Waals surface area contributed by atoms with E-state index in [1.54, 1.807) is 26.9 Å². The number of carbonyl (C=O) groups is 4. The maximum atomic E-state index is 14.0. The molecule has 2 aliphatic heterocycles. The van der Waals surface area contributed by atoms with Crippen molar-refractivity contribution in [1.82, 2.24) is 30.5 Å². The summed E-state index contributed by atoms with van der Waals surface area (Å²) in [6, 6.07) is 17.8. The van der Waals surface area contributed by atoms with E-state index < -0.39 is 18.3 Å². The Morgan fingerprint density at radius 2 is 1.76 bits per heavy atom. The summed E-state index contributed by atoms with van der Waals surface area (Å²) >= 11 is 0. The van der Waals surface area contributed by atoms with Crippen LogP contribution < -0.4 is 10.6 Å². The minimum absolute atomic E-state index is 0.0423. The average Bonchev–Trinajstić information content (AvgIpc) is 2.98. The van der Waals surface area contributed by atoms with Gasteiger partial charge in [0.25, 0.3) is 0 Å². The fraction of sp³-hybridized carbons (Fsp3) is 0.400. The molecule has 0 aromatic heterocycles. The van der Waals surface area contributed by atoms with Crippen LogP contribution in [0.15, 0.2) is 73.3 Å². The molecule has 0 radical (unpaired) electrons. The number of likely N-dealkylation sites (N-methyl/N-ethyl adjacent to an activating group) is 1. The van der Waals surface area contributed by atoms with Gasteiger partial charge in [-0.05, 0) is 30.9 Å². The molecule has 2 aromatic rings. The maximum absolute atomic E-state index is 14.0. The molecule has 2 fully saturated rings. The van der Waals surface area contributed by atoms with E-state index in [4.69, 9.17) is 4.74 Å². The van der Waals surface area contributed by atoms with E-state index in [0.717, 1.165) is 11.1 Å². The highest BCUT2D eigenvalue weighted by molar-refractivity contribution is 5.91. The number of urea groups is 1. The van der Waals surface area contributed by atoms with Gasteiger partial charge in [-0.3, -0.25) is 9.59 Å². The predicted octanol–water partition coefficient (Wildman–Crippen LogP) is 2.88. The molecule has 0 spiro atoms. The normalized spacial score (nSPS) is 19.8. The molecule has 3 atom stereocenters. The molecule has 1 unspecified atom stereocenters. The van der Waals surface area contributed by atoms with Crippen molar-refractivity contribution in [2.24, 2.45) is 0 Å². The second-order valence-electron chi connectivity index (χ2n) is 10.1. The van der Waals surface area contributed by atoms with Gasteiger partial charge < -0.3 is 25.2 Å². The smallest absolute Gasteiger partial charge is 0.407 e. The van der Waals surface area contributed by atoms with Gasteiger partial charge in [-0.2, -0.15) is 0 Å². The summed E-state index contributed by atoms with van der Waals surface area (Å²) in [5.74, 6) is -0.414. The van der Waals surface area contributed by atoms with Gasteiger partial charge in [0.1, 0.15) is 18.8 Å². The van der Waals surface area contributed by atoms with Crippen LogP contribution in [0.25, 0.3) is 0 Å². The number of hydrogen-bond donors (Lipinski definition) is 2. The Kier molecular flexibility index (Phi) is 9.96. The van der Waals surface area contributed by atoms with Crippen molar-refractivity contribution in [3.05, 3.63) is 84.4 Å². The molecule has 5 amide bonds. The van der Waals surface area contributed by atoms with Crippen LogP contribution in [-0.4, -0.2) is 89.3 Å². The summed E-state index contributed by atoms with van der Waals surface area (Å²) in [5, 5.41) is 8.78. The molecule has 41 heavy (non-hydrogen) atoms. The second-order valence-corrected chi connectivity index (χ2v) is 10.1. The largest absolute Gasteiger partial charge is 0.445 e.